The quantitative estimate of drug-likeness (QED) is 0.696. The second-order valence-corrected chi connectivity index (χ2v) is 8.56. The Labute approximate surface area is 181 Å². The molecule has 1 aromatic carbocycles. The highest BCUT2D eigenvalue weighted by molar-refractivity contribution is 6.30. The Morgan fingerprint density at radius 1 is 1.10 bits per heavy atom. The fourth-order valence-corrected chi connectivity index (χ4v) is 4.31. The number of imidazole rings is 1. The number of rotatable bonds is 4. The van der Waals surface area contributed by atoms with Gasteiger partial charge in [0.1, 0.15) is 6.33 Å². The molecule has 9 heteroatoms. The van der Waals surface area contributed by atoms with Crippen LogP contribution >= 0.6 is 11.6 Å². The lowest BCUT2D eigenvalue weighted by atomic mass is 10.2. The molecule has 4 rings (SSSR count). The second-order valence-electron chi connectivity index (χ2n) is 8.13. The van der Waals surface area contributed by atoms with E-state index in [2.05, 4.69) is 27.0 Å². The third kappa shape index (κ3) is 3.49. The summed E-state index contributed by atoms with van der Waals surface area (Å²) in [4.78, 5) is 34.3. The summed E-state index contributed by atoms with van der Waals surface area (Å²) in [6.45, 7) is 6.58. The van der Waals surface area contributed by atoms with Crippen LogP contribution in [0, 0.1) is 0 Å². The molecule has 30 heavy (non-hydrogen) atoms. The number of hydrogen-bond acceptors (Lipinski definition) is 5. The highest BCUT2D eigenvalue weighted by Crippen LogP contribution is 2.30. The number of fused-ring (bicyclic) bond motifs is 1. The molecule has 0 saturated carbocycles. The Balaban J connectivity index is 1.54. The lowest BCUT2D eigenvalue weighted by Gasteiger charge is -2.36. The molecule has 1 atom stereocenters. The number of carbonyl (C=O) groups excluding carboxylic acids is 2. The molecule has 2 aromatic rings. The number of nitrogens with zero attached hydrogens (tertiary/aromatic N) is 6. The van der Waals surface area contributed by atoms with Gasteiger partial charge in [0.2, 0.25) is 5.69 Å². The van der Waals surface area contributed by atoms with Gasteiger partial charge in [0.15, 0.2) is 5.82 Å². The zero-order valence-corrected chi connectivity index (χ0v) is 18.5. The van der Waals surface area contributed by atoms with Crippen molar-refractivity contribution >= 4 is 29.4 Å². The van der Waals surface area contributed by atoms with E-state index in [1.807, 2.05) is 23.7 Å². The van der Waals surface area contributed by atoms with E-state index in [4.69, 9.17) is 11.6 Å². The van der Waals surface area contributed by atoms with Crippen LogP contribution in [0.3, 0.4) is 0 Å². The van der Waals surface area contributed by atoms with Crippen molar-refractivity contribution in [3.63, 3.8) is 0 Å². The van der Waals surface area contributed by atoms with Crippen molar-refractivity contribution in [2.75, 3.05) is 56.7 Å². The fourth-order valence-electron chi connectivity index (χ4n) is 4.18. The number of urea groups is 1. The van der Waals surface area contributed by atoms with Crippen molar-refractivity contribution in [3.05, 3.63) is 46.9 Å². The normalized spacial score (nSPS) is 22.9. The molecule has 0 N–H and O–H groups in total. The molecule has 0 spiro atoms. The first-order valence-corrected chi connectivity index (χ1v) is 10.7. The van der Waals surface area contributed by atoms with Crippen molar-refractivity contribution in [1.29, 1.82) is 0 Å². The van der Waals surface area contributed by atoms with E-state index in [-0.39, 0.29) is 16.4 Å². The molecular weight excluding hydrogens is 404 g/mol. The van der Waals surface area contributed by atoms with Crippen LogP contribution in [0.15, 0.2) is 30.6 Å². The van der Waals surface area contributed by atoms with Crippen LogP contribution in [-0.4, -0.2) is 77.8 Å². The Hall–Kier alpha value is -2.42. The predicted octanol–water partition coefficient (Wildman–Crippen LogP) is 2.56. The first-order chi connectivity index (χ1) is 14.3. The highest BCUT2D eigenvalue weighted by Gasteiger charge is 2.51. The molecule has 8 nitrogen and oxygen atoms in total. The molecule has 160 valence electrons. The summed E-state index contributed by atoms with van der Waals surface area (Å²) in [5, 5.41) is 2.91. The number of halogens is 1. The van der Waals surface area contributed by atoms with E-state index in [0.717, 1.165) is 44.2 Å². The number of benzene rings is 1. The number of anilines is 1. The first kappa shape index (κ1) is 20.8. The molecule has 0 radical (unpaired) electrons. The number of imide groups is 1. The van der Waals surface area contributed by atoms with E-state index >= 15 is 0 Å². The van der Waals surface area contributed by atoms with Gasteiger partial charge in [-0.1, -0.05) is 23.7 Å². The molecule has 3 heterocycles. The van der Waals surface area contributed by atoms with Crippen LogP contribution in [0.1, 0.15) is 29.4 Å². The molecule has 1 saturated heterocycles. The minimum absolute atomic E-state index is 0.199. The van der Waals surface area contributed by atoms with Gasteiger partial charge < -0.3 is 5.01 Å². The van der Waals surface area contributed by atoms with Crippen LogP contribution in [0.25, 0.3) is 0 Å². The smallest absolute Gasteiger partial charge is 0.310 e. The number of amides is 3. The van der Waals surface area contributed by atoms with Gasteiger partial charge in [-0.05, 0) is 31.0 Å². The van der Waals surface area contributed by atoms with E-state index < -0.39 is 0 Å². The monoisotopic (exact) mass is 431 g/mol. The van der Waals surface area contributed by atoms with Crippen LogP contribution in [-0.2, 0) is 6.54 Å². The molecule has 0 aliphatic carbocycles. The van der Waals surface area contributed by atoms with Gasteiger partial charge in [0, 0.05) is 44.8 Å². The van der Waals surface area contributed by atoms with Gasteiger partial charge in [-0.25, -0.2) is 24.1 Å². The molecule has 1 aromatic heterocycles. The topological polar surface area (TPSA) is 61.7 Å². The third-order valence-electron chi connectivity index (χ3n) is 6.23. The summed E-state index contributed by atoms with van der Waals surface area (Å²) in [5.74, 6) is 0.242. The summed E-state index contributed by atoms with van der Waals surface area (Å²) in [6.07, 6.45) is 2.65. The summed E-state index contributed by atoms with van der Waals surface area (Å²) < 4.78 is 1.59. The van der Waals surface area contributed by atoms with Gasteiger partial charge >= 0.3 is 11.9 Å². The van der Waals surface area contributed by atoms with Crippen LogP contribution in [0.5, 0.6) is 0 Å². The Morgan fingerprint density at radius 2 is 1.83 bits per heavy atom. The summed E-state index contributed by atoms with van der Waals surface area (Å²) in [5.41, 5.74) is 1.73. The standard InChI is InChI=1S/C21H28ClN6O2/c1-4-28(3)20(29)18-19(24(2)21(28)30)23-15-27(18)26-11-5-10-25(12-13-26)14-16-6-8-17(22)9-7-16/h6-9,15H,4-5,10-14H2,1-3H3/q+1. The second kappa shape index (κ2) is 8.02. The maximum atomic E-state index is 13.3. The van der Waals surface area contributed by atoms with Gasteiger partial charge in [-0.3, -0.25) is 4.90 Å². The lowest BCUT2D eigenvalue weighted by molar-refractivity contribution is -0.742. The summed E-state index contributed by atoms with van der Waals surface area (Å²) in [6, 6.07) is 7.72. The van der Waals surface area contributed by atoms with Crippen LogP contribution in [0.4, 0.5) is 10.6 Å². The number of quaternary nitrogens is 1. The highest BCUT2D eigenvalue weighted by atomic mass is 35.5. The molecule has 1 fully saturated rings. The molecule has 2 aliphatic rings. The average molecular weight is 432 g/mol. The number of carbonyl (C=O) groups is 2. The van der Waals surface area contributed by atoms with E-state index in [9.17, 15) is 9.59 Å². The van der Waals surface area contributed by atoms with Crippen molar-refractivity contribution in [2.24, 2.45) is 0 Å². The molecule has 1 unspecified atom stereocenters. The Morgan fingerprint density at radius 3 is 2.53 bits per heavy atom. The zero-order valence-electron chi connectivity index (χ0n) is 17.7. The maximum Gasteiger partial charge on any atom is 0.432 e. The summed E-state index contributed by atoms with van der Waals surface area (Å²) in [7, 11) is 3.37. The van der Waals surface area contributed by atoms with Crippen molar-refractivity contribution in [3.8, 4) is 0 Å². The summed E-state index contributed by atoms with van der Waals surface area (Å²) >= 11 is 5.99. The van der Waals surface area contributed by atoms with Crippen LogP contribution in [0.2, 0.25) is 5.02 Å². The maximum absolute atomic E-state index is 13.3. The first-order valence-electron chi connectivity index (χ1n) is 10.3. The predicted molar refractivity (Wildman–Crippen MR) is 116 cm³/mol. The van der Waals surface area contributed by atoms with Gasteiger partial charge in [0.05, 0.1) is 13.6 Å². The number of hydrogen-bond donors (Lipinski definition) is 0. The minimum atomic E-state index is -0.272. The molecule has 2 aliphatic heterocycles. The van der Waals surface area contributed by atoms with Crippen molar-refractivity contribution < 1.29 is 14.1 Å². The van der Waals surface area contributed by atoms with E-state index in [0.29, 0.717) is 18.1 Å². The third-order valence-corrected chi connectivity index (χ3v) is 6.48. The molecule has 0 bridgehead atoms. The minimum Gasteiger partial charge on any atom is -0.310 e. The van der Waals surface area contributed by atoms with Crippen molar-refractivity contribution in [2.45, 2.75) is 19.9 Å². The molecule has 3 amide bonds. The fraction of sp³-hybridized carbons (Fsp3) is 0.476. The SMILES string of the molecule is CC[N+]1(C)C(=O)c2c(ncn2N2CCCN(Cc3ccc(Cl)cc3)CC2)N(C)C1=O. The average Bonchev–Trinajstić information content (AvgIpc) is 3.06. The van der Waals surface area contributed by atoms with Gasteiger partial charge in [0.25, 0.3) is 0 Å². The lowest BCUT2D eigenvalue weighted by Crippen LogP contribution is -2.62. The van der Waals surface area contributed by atoms with E-state index in [1.54, 1.807) is 20.4 Å². The Kier molecular flexibility index (Phi) is 5.57. The zero-order chi connectivity index (χ0) is 21.5. The molecular formula is C21H28ClN6O2+. The number of aromatic nitrogens is 2. The van der Waals surface area contributed by atoms with Gasteiger partial charge in [-0.15, -0.1) is 0 Å². The largest absolute Gasteiger partial charge is 0.432 e. The van der Waals surface area contributed by atoms with Gasteiger partial charge in [-0.2, -0.15) is 4.48 Å². The van der Waals surface area contributed by atoms with E-state index in [1.165, 1.54) is 10.5 Å². The van der Waals surface area contributed by atoms with Crippen LogP contribution < -0.4 is 9.91 Å². The Bertz CT molecular complexity index is 959. The van der Waals surface area contributed by atoms with Crippen molar-refractivity contribution in [1.82, 2.24) is 14.6 Å².